The molecule has 1 aliphatic rings. The Bertz CT molecular complexity index is 814. The van der Waals surface area contributed by atoms with E-state index in [1.165, 1.54) is 11.8 Å². The Morgan fingerprint density at radius 1 is 1.22 bits per heavy atom. The Labute approximate surface area is 145 Å². The van der Waals surface area contributed by atoms with Gasteiger partial charge in [-0.05, 0) is 36.8 Å². The molecular formula is C18H17NO2S2. The minimum absolute atomic E-state index is 0.0297. The number of thioether (sulfide) groups is 1. The minimum atomic E-state index is -0.0297. The quantitative estimate of drug-likeness (QED) is 0.605. The predicted octanol–water partition coefficient (Wildman–Crippen LogP) is 4.46. The van der Waals surface area contributed by atoms with E-state index in [2.05, 4.69) is 6.07 Å². The lowest BCUT2D eigenvalue weighted by molar-refractivity contribution is -0.121. The molecule has 5 heteroatoms. The van der Waals surface area contributed by atoms with Crippen molar-refractivity contribution in [3.8, 4) is 5.75 Å². The number of amides is 1. The van der Waals surface area contributed by atoms with Crippen LogP contribution in [0.15, 0.2) is 41.3 Å². The van der Waals surface area contributed by atoms with Crippen LogP contribution in [-0.4, -0.2) is 28.3 Å². The number of ether oxygens (including phenoxy) is 1. The minimum Gasteiger partial charge on any atom is -0.493 e. The number of likely N-dealkylation sites (N-methyl/N-ethyl adjacent to an activating group) is 1. The highest BCUT2D eigenvalue weighted by Crippen LogP contribution is 2.36. The lowest BCUT2D eigenvalue weighted by Gasteiger charge is -2.11. The van der Waals surface area contributed by atoms with E-state index in [1.54, 1.807) is 4.90 Å². The summed E-state index contributed by atoms with van der Waals surface area (Å²) in [6.45, 7) is 5.05. The molecule has 0 atom stereocenters. The summed E-state index contributed by atoms with van der Waals surface area (Å²) in [4.78, 5) is 14.7. The lowest BCUT2D eigenvalue weighted by Crippen LogP contribution is -2.27. The highest BCUT2D eigenvalue weighted by molar-refractivity contribution is 8.26. The number of rotatable bonds is 4. The second kappa shape index (κ2) is 6.72. The molecule has 1 amide bonds. The molecule has 0 saturated carbocycles. The molecule has 0 bridgehead atoms. The second-order valence-electron chi connectivity index (χ2n) is 5.06. The van der Waals surface area contributed by atoms with Crippen molar-refractivity contribution in [2.24, 2.45) is 0 Å². The van der Waals surface area contributed by atoms with Crippen LogP contribution in [-0.2, 0) is 4.79 Å². The first kappa shape index (κ1) is 16.0. The molecular weight excluding hydrogens is 326 g/mol. The van der Waals surface area contributed by atoms with E-state index in [0.29, 0.717) is 22.4 Å². The standard InChI is InChI=1S/C18H17NO2S2/c1-3-19-17(20)16(23-18(19)22)11-14-13-8-6-5-7-12(13)9-10-15(14)21-4-2/h5-11H,3-4H2,1-2H3/b16-11-. The molecule has 1 heterocycles. The normalized spacial score (nSPS) is 16.6. The van der Waals surface area contributed by atoms with Gasteiger partial charge in [-0.15, -0.1) is 0 Å². The van der Waals surface area contributed by atoms with Gasteiger partial charge in [0, 0.05) is 12.1 Å². The summed E-state index contributed by atoms with van der Waals surface area (Å²) < 4.78 is 6.37. The summed E-state index contributed by atoms with van der Waals surface area (Å²) in [7, 11) is 0. The maximum Gasteiger partial charge on any atom is 0.266 e. The van der Waals surface area contributed by atoms with Crippen molar-refractivity contribution in [2.45, 2.75) is 13.8 Å². The molecule has 0 N–H and O–H groups in total. The number of fused-ring (bicyclic) bond motifs is 1. The van der Waals surface area contributed by atoms with Crippen molar-refractivity contribution in [1.82, 2.24) is 4.90 Å². The third-order valence-electron chi connectivity index (χ3n) is 3.70. The Kier molecular flexibility index (Phi) is 4.68. The highest BCUT2D eigenvalue weighted by Gasteiger charge is 2.31. The van der Waals surface area contributed by atoms with E-state index >= 15 is 0 Å². The number of hydrogen-bond acceptors (Lipinski definition) is 4. The van der Waals surface area contributed by atoms with Crippen LogP contribution in [0.2, 0.25) is 0 Å². The van der Waals surface area contributed by atoms with Gasteiger partial charge in [-0.1, -0.05) is 54.3 Å². The van der Waals surface area contributed by atoms with Gasteiger partial charge in [0.1, 0.15) is 10.1 Å². The molecule has 1 saturated heterocycles. The van der Waals surface area contributed by atoms with E-state index in [9.17, 15) is 4.79 Å². The van der Waals surface area contributed by atoms with E-state index < -0.39 is 0 Å². The zero-order chi connectivity index (χ0) is 16.4. The van der Waals surface area contributed by atoms with E-state index in [1.807, 2.05) is 50.3 Å². The molecule has 23 heavy (non-hydrogen) atoms. The largest absolute Gasteiger partial charge is 0.493 e. The molecule has 1 fully saturated rings. The molecule has 118 valence electrons. The zero-order valence-corrected chi connectivity index (χ0v) is 14.7. The zero-order valence-electron chi connectivity index (χ0n) is 13.0. The van der Waals surface area contributed by atoms with Gasteiger partial charge in [0.25, 0.3) is 5.91 Å². The topological polar surface area (TPSA) is 29.5 Å². The van der Waals surface area contributed by atoms with Crippen molar-refractivity contribution >= 4 is 51.1 Å². The van der Waals surface area contributed by atoms with Crippen molar-refractivity contribution in [3.63, 3.8) is 0 Å². The molecule has 0 aliphatic carbocycles. The summed E-state index contributed by atoms with van der Waals surface area (Å²) in [5, 5.41) is 2.19. The summed E-state index contributed by atoms with van der Waals surface area (Å²) in [6.07, 6.45) is 1.91. The van der Waals surface area contributed by atoms with Gasteiger partial charge < -0.3 is 4.74 Å². The third-order valence-corrected chi connectivity index (χ3v) is 5.07. The smallest absolute Gasteiger partial charge is 0.266 e. The molecule has 2 aromatic carbocycles. The first-order valence-electron chi connectivity index (χ1n) is 7.55. The maximum atomic E-state index is 12.5. The predicted molar refractivity (Wildman–Crippen MR) is 101 cm³/mol. The lowest BCUT2D eigenvalue weighted by atomic mass is 10.0. The summed E-state index contributed by atoms with van der Waals surface area (Å²) >= 11 is 6.64. The summed E-state index contributed by atoms with van der Waals surface area (Å²) in [5.41, 5.74) is 0.932. The number of carbonyl (C=O) groups is 1. The Morgan fingerprint density at radius 3 is 2.70 bits per heavy atom. The Morgan fingerprint density at radius 2 is 2.00 bits per heavy atom. The molecule has 0 spiro atoms. The van der Waals surface area contributed by atoms with Crippen LogP contribution in [0.3, 0.4) is 0 Å². The second-order valence-corrected chi connectivity index (χ2v) is 6.73. The fourth-order valence-corrected chi connectivity index (χ4v) is 3.98. The molecule has 3 rings (SSSR count). The van der Waals surface area contributed by atoms with Gasteiger partial charge in [-0.3, -0.25) is 9.69 Å². The Balaban J connectivity index is 2.15. The number of nitrogens with zero attached hydrogens (tertiary/aromatic N) is 1. The summed E-state index contributed by atoms with van der Waals surface area (Å²) in [5.74, 6) is 0.755. The third kappa shape index (κ3) is 2.99. The van der Waals surface area contributed by atoms with Crippen molar-refractivity contribution < 1.29 is 9.53 Å². The van der Waals surface area contributed by atoms with Crippen LogP contribution in [0.1, 0.15) is 19.4 Å². The van der Waals surface area contributed by atoms with Crippen molar-refractivity contribution in [3.05, 3.63) is 46.9 Å². The van der Waals surface area contributed by atoms with Crippen molar-refractivity contribution in [2.75, 3.05) is 13.2 Å². The number of thiocarbonyl (C=S) groups is 1. The van der Waals surface area contributed by atoms with Crippen LogP contribution in [0, 0.1) is 0 Å². The number of hydrogen-bond donors (Lipinski definition) is 0. The van der Waals surface area contributed by atoms with Gasteiger partial charge in [0.2, 0.25) is 0 Å². The van der Waals surface area contributed by atoms with Crippen molar-refractivity contribution in [1.29, 1.82) is 0 Å². The van der Waals surface area contributed by atoms with Gasteiger partial charge in [-0.25, -0.2) is 0 Å². The number of benzene rings is 2. The molecule has 0 aromatic heterocycles. The average Bonchev–Trinajstić information content (AvgIpc) is 2.83. The summed E-state index contributed by atoms with van der Waals surface area (Å²) in [6, 6.07) is 12.1. The van der Waals surface area contributed by atoms with Gasteiger partial charge >= 0.3 is 0 Å². The first-order chi connectivity index (χ1) is 11.2. The van der Waals surface area contributed by atoms with Gasteiger partial charge in [0.15, 0.2) is 0 Å². The van der Waals surface area contributed by atoms with Crippen LogP contribution in [0.4, 0.5) is 0 Å². The van der Waals surface area contributed by atoms with Crippen LogP contribution in [0.25, 0.3) is 16.8 Å². The van der Waals surface area contributed by atoms with Crippen LogP contribution in [0.5, 0.6) is 5.75 Å². The van der Waals surface area contributed by atoms with E-state index in [-0.39, 0.29) is 5.91 Å². The average molecular weight is 343 g/mol. The fourth-order valence-electron chi connectivity index (χ4n) is 2.61. The SMILES string of the molecule is CCOc1ccc2ccccc2c1/C=C1\SC(=S)N(CC)C1=O. The van der Waals surface area contributed by atoms with Crippen LogP contribution >= 0.6 is 24.0 Å². The molecule has 1 aliphatic heterocycles. The molecule has 2 aromatic rings. The van der Waals surface area contributed by atoms with E-state index in [0.717, 1.165) is 22.1 Å². The fraction of sp³-hybridized carbons (Fsp3) is 0.222. The van der Waals surface area contributed by atoms with Gasteiger partial charge in [0.05, 0.1) is 11.5 Å². The Hall–Kier alpha value is -1.85. The molecule has 3 nitrogen and oxygen atoms in total. The first-order valence-corrected chi connectivity index (χ1v) is 8.78. The molecule has 0 radical (unpaired) electrons. The maximum absolute atomic E-state index is 12.5. The van der Waals surface area contributed by atoms with Gasteiger partial charge in [-0.2, -0.15) is 0 Å². The monoisotopic (exact) mass is 343 g/mol. The van der Waals surface area contributed by atoms with E-state index in [4.69, 9.17) is 17.0 Å². The van der Waals surface area contributed by atoms with Crippen LogP contribution < -0.4 is 4.74 Å². The molecule has 0 unspecified atom stereocenters. The highest BCUT2D eigenvalue weighted by atomic mass is 32.2. The number of carbonyl (C=O) groups excluding carboxylic acids is 1.